The van der Waals surface area contributed by atoms with E-state index < -0.39 is 0 Å². The fourth-order valence-corrected chi connectivity index (χ4v) is 1.74. The van der Waals surface area contributed by atoms with E-state index in [1.165, 1.54) is 0 Å². The van der Waals surface area contributed by atoms with Crippen LogP contribution in [0, 0.1) is 0 Å². The largest absolute Gasteiger partial charge is 0.350 e. The van der Waals surface area contributed by atoms with Gasteiger partial charge >= 0.3 is 0 Å². The van der Waals surface area contributed by atoms with Gasteiger partial charge in [0.05, 0.1) is 0 Å². The molecule has 0 heterocycles. The van der Waals surface area contributed by atoms with Crippen molar-refractivity contribution in [2.24, 2.45) is 0 Å². The number of hydrogen-bond acceptors (Lipinski definition) is 1. The Bertz CT molecular complexity index is 533. The van der Waals surface area contributed by atoms with Gasteiger partial charge in [-0.05, 0) is 36.2 Å². The number of hydrogen-bond donors (Lipinski definition) is 1. The third-order valence-electron chi connectivity index (χ3n) is 3.00. The molecule has 0 saturated carbocycles. The van der Waals surface area contributed by atoms with E-state index in [9.17, 15) is 4.79 Å². The van der Waals surface area contributed by atoms with Gasteiger partial charge in [0.25, 0.3) is 5.91 Å². The third-order valence-corrected chi connectivity index (χ3v) is 3.00. The Hall–Kier alpha value is -1.83. The molecule has 0 aliphatic carbocycles. The zero-order valence-electron chi connectivity index (χ0n) is 10.2. The highest BCUT2D eigenvalue weighted by Gasteiger charge is 2.08. The molecular weight excluding hydrogens is 210 g/mol. The van der Waals surface area contributed by atoms with E-state index in [1.807, 2.05) is 49.4 Å². The molecule has 2 nitrogen and oxygen atoms in total. The van der Waals surface area contributed by atoms with Crippen LogP contribution in [0.3, 0.4) is 0 Å². The maximum absolute atomic E-state index is 11.9. The van der Waals surface area contributed by atoms with Gasteiger partial charge in [0, 0.05) is 11.6 Å². The average Bonchev–Trinajstić information content (AvgIpc) is 2.38. The van der Waals surface area contributed by atoms with Crippen molar-refractivity contribution < 1.29 is 4.79 Å². The van der Waals surface area contributed by atoms with Crippen LogP contribution in [-0.2, 0) is 0 Å². The van der Waals surface area contributed by atoms with Gasteiger partial charge in [0.15, 0.2) is 0 Å². The summed E-state index contributed by atoms with van der Waals surface area (Å²) in [5, 5.41) is 5.23. The molecule has 2 aromatic carbocycles. The van der Waals surface area contributed by atoms with Crippen LogP contribution in [-0.4, -0.2) is 11.9 Å². The Morgan fingerprint density at radius 2 is 1.88 bits per heavy atom. The molecule has 2 rings (SSSR count). The van der Waals surface area contributed by atoms with Crippen molar-refractivity contribution in [3.63, 3.8) is 0 Å². The predicted molar refractivity (Wildman–Crippen MR) is 71.2 cm³/mol. The molecule has 0 aromatic heterocycles. The second-order valence-corrected chi connectivity index (χ2v) is 4.34. The SMILES string of the molecule is CC[C@@H](C)NC(=O)c1ccc2ccccc2c1. The summed E-state index contributed by atoms with van der Waals surface area (Å²) in [6, 6.07) is 14.1. The summed E-state index contributed by atoms with van der Waals surface area (Å²) in [6.45, 7) is 4.07. The summed E-state index contributed by atoms with van der Waals surface area (Å²) in [6.07, 6.45) is 0.944. The lowest BCUT2D eigenvalue weighted by molar-refractivity contribution is 0.0939. The number of fused-ring (bicyclic) bond motifs is 1. The van der Waals surface area contributed by atoms with Gasteiger partial charge in [-0.3, -0.25) is 4.79 Å². The lowest BCUT2D eigenvalue weighted by Gasteiger charge is -2.11. The number of nitrogens with one attached hydrogen (secondary N) is 1. The third kappa shape index (κ3) is 2.64. The molecule has 17 heavy (non-hydrogen) atoms. The van der Waals surface area contributed by atoms with Crippen molar-refractivity contribution in [2.45, 2.75) is 26.3 Å². The van der Waals surface area contributed by atoms with Crippen molar-refractivity contribution >= 4 is 16.7 Å². The van der Waals surface area contributed by atoms with E-state index in [0.717, 1.165) is 22.8 Å². The first-order valence-electron chi connectivity index (χ1n) is 6.00. The van der Waals surface area contributed by atoms with Gasteiger partial charge in [-0.15, -0.1) is 0 Å². The van der Waals surface area contributed by atoms with E-state index in [2.05, 4.69) is 12.2 Å². The lowest BCUT2D eigenvalue weighted by atomic mass is 10.1. The quantitative estimate of drug-likeness (QED) is 0.855. The zero-order chi connectivity index (χ0) is 12.3. The van der Waals surface area contributed by atoms with Gasteiger partial charge in [-0.1, -0.05) is 37.3 Å². The van der Waals surface area contributed by atoms with Gasteiger partial charge < -0.3 is 5.32 Å². The predicted octanol–water partition coefficient (Wildman–Crippen LogP) is 3.37. The smallest absolute Gasteiger partial charge is 0.251 e. The van der Waals surface area contributed by atoms with Crippen molar-refractivity contribution in [3.8, 4) is 0 Å². The van der Waals surface area contributed by atoms with Crippen LogP contribution in [0.4, 0.5) is 0 Å². The lowest BCUT2D eigenvalue weighted by Crippen LogP contribution is -2.31. The molecule has 88 valence electrons. The second kappa shape index (κ2) is 5.00. The Balaban J connectivity index is 2.27. The van der Waals surface area contributed by atoms with E-state index >= 15 is 0 Å². The maximum Gasteiger partial charge on any atom is 0.251 e. The van der Waals surface area contributed by atoms with Gasteiger partial charge in [0.1, 0.15) is 0 Å². The van der Waals surface area contributed by atoms with Crippen LogP contribution in [0.15, 0.2) is 42.5 Å². The minimum Gasteiger partial charge on any atom is -0.350 e. The second-order valence-electron chi connectivity index (χ2n) is 4.34. The summed E-state index contributed by atoms with van der Waals surface area (Å²) in [7, 11) is 0. The summed E-state index contributed by atoms with van der Waals surface area (Å²) in [4.78, 5) is 11.9. The summed E-state index contributed by atoms with van der Waals surface area (Å²) in [5.74, 6) is 0.00473. The van der Waals surface area contributed by atoms with E-state index in [0.29, 0.717) is 0 Å². The van der Waals surface area contributed by atoms with E-state index in [-0.39, 0.29) is 11.9 Å². The van der Waals surface area contributed by atoms with Crippen molar-refractivity contribution in [1.29, 1.82) is 0 Å². The van der Waals surface area contributed by atoms with Crippen LogP contribution < -0.4 is 5.32 Å². The normalized spacial score (nSPS) is 12.4. The molecule has 0 saturated heterocycles. The Kier molecular flexibility index (Phi) is 3.43. The molecule has 1 atom stereocenters. The van der Waals surface area contributed by atoms with Crippen LogP contribution in [0.2, 0.25) is 0 Å². The Labute approximate surface area is 102 Å². The number of carbonyl (C=O) groups excluding carboxylic acids is 1. The fraction of sp³-hybridized carbons (Fsp3) is 0.267. The monoisotopic (exact) mass is 227 g/mol. The first-order valence-corrected chi connectivity index (χ1v) is 6.00. The van der Waals surface area contributed by atoms with Gasteiger partial charge in [-0.25, -0.2) is 0 Å². The first kappa shape index (κ1) is 11.6. The molecule has 1 amide bonds. The minimum absolute atomic E-state index is 0.00473. The zero-order valence-corrected chi connectivity index (χ0v) is 10.2. The van der Waals surface area contributed by atoms with Crippen molar-refractivity contribution in [3.05, 3.63) is 48.0 Å². The van der Waals surface area contributed by atoms with Crippen molar-refractivity contribution in [1.82, 2.24) is 5.32 Å². The minimum atomic E-state index is 0.00473. The van der Waals surface area contributed by atoms with E-state index in [4.69, 9.17) is 0 Å². The van der Waals surface area contributed by atoms with Crippen molar-refractivity contribution in [2.75, 3.05) is 0 Å². The van der Waals surface area contributed by atoms with Crippen LogP contribution in [0.25, 0.3) is 10.8 Å². The highest BCUT2D eigenvalue weighted by atomic mass is 16.1. The van der Waals surface area contributed by atoms with Gasteiger partial charge in [0.2, 0.25) is 0 Å². The standard InChI is InChI=1S/C15H17NO/c1-3-11(2)16-15(17)14-9-8-12-6-4-5-7-13(12)10-14/h4-11H,3H2,1-2H3,(H,16,17)/t11-/m1/s1. The molecule has 0 aliphatic heterocycles. The molecular formula is C15H17NO. The highest BCUT2D eigenvalue weighted by Crippen LogP contribution is 2.15. The first-order chi connectivity index (χ1) is 8.20. The number of rotatable bonds is 3. The molecule has 0 aliphatic rings. The fourth-order valence-electron chi connectivity index (χ4n) is 1.74. The number of amides is 1. The van der Waals surface area contributed by atoms with Crippen LogP contribution >= 0.6 is 0 Å². The molecule has 1 N–H and O–H groups in total. The molecule has 0 spiro atoms. The summed E-state index contributed by atoms with van der Waals surface area (Å²) < 4.78 is 0. The molecule has 0 fully saturated rings. The molecule has 0 radical (unpaired) electrons. The van der Waals surface area contributed by atoms with Crippen LogP contribution in [0.5, 0.6) is 0 Å². The molecule has 0 unspecified atom stereocenters. The molecule has 2 aromatic rings. The van der Waals surface area contributed by atoms with E-state index in [1.54, 1.807) is 0 Å². The average molecular weight is 227 g/mol. The number of benzene rings is 2. The Morgan fingerprint density at radius 1 is 1.18 bits per heavy atom. The highest BCUT2D eigenvalue weighted by molar-refractivity contribution is 5.98. The summed E-state index contributed by atoms with van der Waals surface area (Å²) in [5.41, 5.74) is 0.726. The number of carbonyl (C=O) groups is 1. The summed E-state index contributed by atoms with van der Waals surface area (Å²) >= 11 is 0. The molecule has 0 bridgehead atoms. The maximum atomic E-state index is 11.9. The van der Waals surface area contributed by atoms with Crippen LogP contribution in [0.1, 0.15) is 30.6 Å². The molecule has 2 heteroatoms. The Morgan fingerprint density at radius 3 is 2.59 bits per heavy atom. The van der Waals surface area contributed by atoms with Gasteiger partial charge in [-0.2, -0.15) is 0 Å². The topological polar surface area (TPSA) is 29.1 Å².